The maximum Gasteiger partial charge on any atom is 0.254 e. The molecule has 1 N–H and O–H groups in total. The third-order valence-electron chi connectivity index (χ3n) is 4.11. The number of H-pyrrole nitrogens is 1. The molecule has 3 nitrogen and oxygen atoms in total. The highest BCUT2D eigenvalue weighted by molar-refractivity contribution is 6.00. The van der Waals surface area contributed by atoms with Crippen molar-refractivity contribution in [3.05, 3.63) is 71.4 Å². The summed E-state index contributed by atoms with van der Waals surface area (Å²) in [6.45, 7) is 0. The number of hydrogen-bond acceptors (Lipinski definition) is 1. The number of nitrogens with one attached hydrogen (secondary N) is 1. The summed E-state index contributed by atoms with van der Waals surface area (Å²) in [5.41, 5.74) is 4.16. The van der Waals surface area contributed by atoms with E-state index in [0.29, 0.717) is 0 Å². The molecule has 3 aromatic rings. The number of carbonyl (C=O) groups excluding carboxylic acids is 1. The molecule has 98 valence electrons. The highest BCUT2D eigenvalue weighted by Gasteiger charge is 2.35. The Morgan fingerprint density at radius 1 is 1.00 bits per heavy atom. The van der Waals surface area contributed by atoms with Crippen LogP contribution in [0.2, 0.25) is 0 Å². The fourth-order valence-electron chi connectivity index (χ4n) is 3.14. The summed E-state index contributed by atoms with van der Waals surface area (Å²) in [5.74, 6) is 0.0934. The van der Waals surface area contributed by atoms with Gasteiger partial charge in [-0.1, -0.05) is 36.4 Å². The Labute approximate surface area is 116 Å². The Bertz CT molecular complexity index is 818. The third kappa shape index (κ3) is 1.37. The van der Waals surface area contributed by atoms with Crippen molar-refractivity contribution in [2.24, 2.45) is 0 Å². The van der Waals surface area contributed by atoms with Crippen LogP contribution in [0.4, 0.5) is 0 Å². The van der Waals surface area contributed by atoms with Gasteiger partial charge in [-0.15, -0.1) is 0 Å². The van der Waals surface area contributed by atoms with Gasteiger partial charge >= 0.3 is 0 Å². The lowest BCUT2D eigenvalue weighted by molar-refractivity contribution is 0.0794. The summed E-state index contributed by atoms with van der Waals surface area (Å²) in [7, 11) is 1.87. The van der Waals surface area contributed by atoms with Crippen molar-refractivity contribution in [3.8, 4) is 0 Å². The number of benzene rings is 2. The quantitative estimate of drug-likeness (QED) is 0.717. The van der Waals surface area contributed by atoms with Crippen LogP contribution in [0.25, 0.3) is 10.9 Å². The fraction of sp³-hybridized carbons (Fsp3) is 0.118. The summed E-state index contributed by atoms with van der Waals surface area (Å²) < 4.78 is 0. The minimum absolute atomic E-state index is 0.00477. The number of hydrogen-bond donors (Lipinski definition) is 1. The normalized spacial score (nSPS) is 17.8. The van der Waals surface area contributed by atoms with Crippen molar-refractivity contribution in [1.82, 2.24) is 9.88 Å². The predicted molar refractivity (Wildman–Crippen MR) is 78.7 cm³/mol. The van der Waals surface area contributed by atoms with Crippen LogP contribution in [0.15, 0.2) is 54.7 Å². The van der Waals surface area contributed by atoms with Gasteiger partial charge in [0.2, 0.25) is 0 Å². The van der Waals surface area contributed by atoms with E-state index in [4.69, 9.17) is 0 Å². The zero-order valence-corrected chi connectivity index (χ0v) is 11.1. The molecule has 1 aromatic heterocycles. The molecule has 0 unspecified atom stereocenters. The lowest BCUT2D eigenvalue weighted by Crippen LogP contribution is -2.23. The van der Waals surface area contributed by atoms with E-state index >= 15 is 0 Å². The zero-order chi connectivity index (χ0) is 13.7. The summed E-state index contributed by atoms with van der Waals surface area (Å²) in [5, 5.41) is 1.17. The first-order valence-corrected chi connectivity index (χ1v) is 6.69. The first-order valence-electron chi connectivity index (χ1n) is 6.69. The van der Waals surface area contributed by atoms with E-state index in [1.165, 1.54) is 5.39 Å². The molecule has 0 aliphatic carbocycles. The summed E-state index contributed by atoms with van der Waals surface area (Å²) in [6, 6.07) is 16.1. The molecule has 20 heavy (non-hydrogen) atoms. The Kier molecular flexibility index (Phi) is 2.24. The van der Waals surface area contributed by atoms with Crippen molar-refractivity contribution in [2.75, 3.05) is 7.05 Å². The maximum absolute atomic E-state index is 12.4. The molecule has 0 fully saturated rings. The van der Waals surface area contributed by atoms with Crippen LogP contribution in [-0.4, -0.2) is 22.8 Å². The van der Waals surface area contributed by atoms with E-state index < -0.39 is 0 Å². The second-order valence-corrected chi connectivity index (χ2v) is 5.20. The largest absolute Gasteiger partial charge is 0.361 e. The number of para-hydroxylation sites is 1. The van der Waals surface area contributed by atoms with Crippen LogP contribution in [-0.2, 0) is 0 Å². The van der Waals surface area contributed by atoms with E-state index in [-0.39, 0.29) is 11.9 Å². The number of aromatic amines is 1. The molecule has 2 aromatic carbocycles. The second-order valence-electron chi connectivity index (χ2n) is 5.20. The monoisotopic (exact) mass is 262 g/mol. The predicted octanol–water partition coefficient (Wildman–Crippen LogP) is 3.34. The van der Waals surface area contributed by atoms with Crippen molar-refractivity contribution >= 4 is 16.8 Å². The molecule has 2 heterocycles. The molecule has 1 aliphatic heterocycles. The minimum atomic E-state index is -0.00477. The summed E-state index contributed by atoms with van der Waals surface area (Å²) in [4.78, 5) is 17.5. The van der Waals surface area contributed by atoms with Gasteiger partial charge in [-0.25, -0.2) is 0 Å². The van der Waals surface area contributed by atoms with Gasteiger partial charge in [0.05, 0.1) is 6.04 Å². The van der Waals surface area contributed by atoms with Gasteiger partial charge in [0.15, 0.2) is 0 Å². The lowest BCUT2D eigenvalue weighted by Gasteiger charge is -2.20. The zero-order valence-electron chi connectivity index (χ0n) is 11.1. The first-order chi connectivity index (χ1) is 9.77. The number of carbonyl (C=O) groups is 1. The van der Waals surface area contributed by atoms with Crippen LogP contribution in [0.3, 0.4) is 0 Å². The van der Waals surface area contributed by atoms with Gasteiger partial charge in [-0.3, -0.25) is 4.79 Å². The highest BCUT2D eigenvalue weighted by atomic mass is 16.2. The van der Waals surface area contributed by atoms with Crippen LogP contribution in [0.5, 0.6) is 0 Å². The minimum Gasteiger partial charge on any atom is -0.361 e. The van der Waals surface area contributed by atoms with Crippen LogP contribution in [0.1, 0.15) is 27.5 Å². The lowest BCUT2D eigenvalue weighted by atomic mass is 9.98. The number of fused-ring (bicyclic) bond motifs is 2. The van der Waals surface area contributed by atoms with Crippen molar-refractivity contribution in [1.29, 1.82) is 0 Å². The maximum atomic E-state index is 12.4. The molecule has 3 heteroatoms. The SMILES string of the molecule is CN1C(=O)c2ccccc2[C@H]1c1c[nH]c2ccccc12. The van der Waals surface area contributed by atoms with Crippen molar-refractivity contribution in [3.63, 3.8) is 0 Å². The topological polar surface area (TPSA) is 36.1 Å². The molecule has 0 saturated heterocycles. The van der Waals surface area contributed by atoms with E-state index in [2.05, 4.69) is 17.1 Å². The third-order valence-corrected chi connectivity index (χ3v) is 4.11. The van der Waals surface area contributed by atoms with Crippen molar-refractivity contribution < 1.29 is 4.79 Å². The number of amides is 1. The molecule has 0 spiro atoms. The van der Waals surface area contributed by atoms with Gasteiger partial charge < -0.3 is 9.88 Å². The molecule has 1 amide bonds. The Hall–Kier alpha value is -2.55. The van der Waals surface area contributed by atoms with Crippen molar-refractivity contribution in [2.45, 2.75) is 6.04 Å². The average Bonchev–Trinajstić information content (AvgIpc) is 3.01. The molecule has 0 saturated carbocycles. The molecule has 1 aliphatic rings. The van der Waals surface area contributed by atoms with E-state index in [1.54, 1.807) is 0 Å². The number of nitrogens with zero attached hydrogens (tertiary/aromatic N) is 1. The van der Waals surface area contributed by atoms with Gasteiger partial charge in [-0.2, -0.15) is 0 Å². The van der Waals surface area contributed by atoms with Gasteiger partial charge in [0, 0.05) is 35.3 Å². The average molecular weight is 262 g/mol. The van der Waals surface area contributed by atoms with E-state index in [1.807, 2.05) is 54.5 Å². The van der Waals surface area contributed by atoms with Crippen LogP contribution < -0.4 is 0 Å². The molecule has 0 radical (unpaired) electrons. The second kappa shape index (κ2) is 3.97. The smallest absolute Gasteiger partial charge is 0.254 e. The Morgan fingerprint density at radius 3 is 2.65 bits per heavy atom. The van der Waals surface area contributed by atoms with E-state index in [9.17, 15) is 4.79 Å². The van der Waals surface area contributed by atoms with Gasteiger partial charge in [-0.05, 0) is 17.7 Å². The van der Waals surface area contributed by atoms with Crippen LogP contribution in [0, 0.1) is 0 Å². The molecule has 1 atom stereocenters. The van der Waals surface area contributed by atoms with Gasteiger partial charge in [0.1, 0.15) is 0 Å². The highest BCUT2D eigenvalue weighted by Crippen LogP contribution is 2.39. The number of rotatable bonds is 1. The van der Waals surface area contributed by atoms with E-state index in [0.717, 1.165) is 22.2 Å². The standard InChI is InChI=1S/C17H14N2O/c1-19-16(12-7-2-3-8-13(12)17(19)20)14-10-18-15-9-5-4-6-11(14)15/h2-10,16,18H,1H3/t16-/m0/s1. The Balaban J connectivity index is 1.97. The number of aromatic nitrogens is 1. The first kappa shape index (κ1) is 11.3. The van der Waals surface area contributed by atoms with Gasteiger partial charge in [0.25, 0.3) is 5.91 Å². The summed E-state index contributed by atoms with van der Waals surface area (Å²) >= 11 is 0. The fourth-order valence-corrected chi connectivity index (χ4v) is 3.14. The Morgan fingerprint density at radius 2 is 1.75 bits per heavy atom. The van der Waals surface area contributed by atoms with Crippen LogP contribution >= 0.6 is 0 Å². The molecule has 4 rings (SSSR count). The molecular weight excluding hydrogens is 248 g/mol. The molecular formula is C17H14N2O. The summed E-state index contributed by atoms with van der Waals surface area (Å²) in [6.07, 6.45) is 2.02. The molecule has 0 bridgehead atoms.